The summed E-state index contributed by atoms with van der Waals surface area (Å²) in [6.07, 6.45) is 0. The molecule has 1 N–H and O–H groups in total. The van der Waals surface area contributed by atoms with Gasteiger partial charge < -0.3 is 10.0 Å². The molecule has 0 aromatic rings. The van der Waals surface area contributed by atoms with Crippen molar-refractivity contribution in [1.29, 1.82) is 0 Å². The molecule has 0 bridgehead atoms. The molecule has 45 valence electrons. The summed E-state index contributed by atoms with van der Waals surface area (Å²) in [6, 6.07) is 0. The fourth-order valence-corrected chi connectivity index (χ4v) is 0. The second kappa shape index (κ2) is 4.51. The van der Waals surface area contributed by atoms with Gasteiger partial charge >= 0.3 is 17.1 Å². The summed E-state index contributed by atoms with van der Waals surface area (Å²) < 4.78 is 32.8. The van der Waals surface area contributed by atoms with E-state index in [2.05, 4.69) is 0 Å². The van der Waals surface area contributed by atoms with Crippen LogP contribution in [0.15, 0.2) is 0 Å². The quantitative estimate of drug-likeness (QED) is 0.281. The van der Waals surface area contributed by atoms with Gasteiger partial charge in [0.25, 0.3) is 0 Å². The minimum Gasteiger partial charge on any atom is -2.00 e. The predicted octanol–water partition coefficient (Wildman–Crippen LogP) is -1.12. The van der Waals surface area contributed by atoms with Gasteiger partial charge in [-0.3, -0.25) is 4.55 Å². The predicted molar refractivity (Wildman–Crippen MR) is 13.0 cm³/mol. The number of hydrogen-bond acceptors (Lipinski definition) is 3. The molecule has 0 saturated carbocycles. The molecule has 7 heteroatoms. The maximum Gasteiger partial charge on any atom is 3.00 e. The van der Waals surface area contributed by atoms with Crippen molar-refractivity contribution in [3.63, 3.8) is 0 Å². The molecule has 7 heavy (non-hydrogen) atoms. The summed E-state index contributed by atoms with van der Waals surface area (Å²) >= 11 is 0. The van der Waals surface area contributed by atoms with Crippen LogP contribution in [0.25, 0.3) is 0 Å². The molecule has 0 atom stereocenters. The van der Waals surface area contributed by atoms with Crippen LogP contribution in [0.3, 0.4) is 0 Å². The van der Waals surface area contributed by atoms with Gasteiger partial charge in [0.2, 0.25) is 10.4 Å². The summed E-state index contributed by atoms with van der Waals surface area (Å²) in [5.41, 5.74) is 0. The topological polar surface area (TPSA) is 106 Å². The first-order chi connectivity index (χ1) is 2.00. The van der Waals surface area contributed by atoms with Crippen molar-refractivity contribution in [2.75, 3.05) is 0 Å². The average molecular weight is 169 g/mol. The van der Waals surface area contributed by atoms with Gasteiger partial charge in [0.05, 0.1) is 0 Å². The van der Waals surface area contributed by atoms with Crippen LogP contribution in [-0.4, -0.2) is 17.5 Å². The van der Waals surface area contributed by atoms with E-state index < -0.39 is 10.4 Å². The Morgan fingerprint density at radius 1 is 1.43 bits per heavy atom. The van der Waals surface area contributed by atoms with Crippen molar-refractivity contribution in [1.82, 2.24) is 0 Å². The summed E-state index contributed by atoms with van der Waals surface area (Å²) in [5, 5.41) is 0. The van der Waals surface area contributed by atoms with Crippen LogP contribution >= 0.6 is 0 Å². The van der Waals surface area contributed by atoms with Crippen molar-refractivity contribution in [3.05, 3.63) is 0 Å². The van der Waals surface area contributed by atoms with Gasteiger partial charge in [0, 0.05) is 0 Å². The first kappa shape index (κ1) is 15.7. The normalized spacial score (nSPS) is 8.29. The summed E-state index contributed by atoms with van der Waals surface area (Å²) in [4.78, 5) is 0. The van der Waals surface area contributed by atoms with Crippen molar-refractivity contribution in [2.24, 2.45) is 0 Å². The van der Waals surface area contributed by atoms with Gasteiger partial charge in [-0.05, 0) is 0 Å². The first-order valence-corrected chi connectivity index (χ1v) is 2.05. The fraction of sp³-hybridized carbons (Fsp3) is 0. The van der Waals surface area contributed by atoms with Gasteiger partial charge in [-0.15, -0.1) is 0 Å². The molecule has 0 amide bonds. The third-order valence-electron chi connectivity index (χ3n) is 0. The fourth-order valence-electron chi connectivity index (χ4n) is 0. The molecule has 1 radical (unpaired) electrons. The van der Waals surface area contributed by atoms with E-state index in [0.29, 0.717) is 0 Å². The summed E-state index contributed by atoms with van der Waals surface area (Å²) in [5.74, 6) is 0. The molecule has 0 aliphatic rings. The van der Waals surface area contributed by atoms with Crippen molar-refractivity contribution < 1.29 is 40.1 Å². The minimum atomic E-state index is -4.92. The van der Waals surface area contributed by atoms with Crippen LogP contribution in [0.4, 0.5) is 0 Å². The molecule has 0 heterocycles. The monoisotopic (exact) mass is 169 g/mol. The van der Waals surface area contributed by atoms with Crippen LogP contribution in [0.1, 0.15) is 0 Å². The minimum absolute atomic E-state index is 0. The Morgan fingerprint density at radius 3 is 1.43 bits per heavy atom. The van der Waals surface area contributed by atoms with Crippen molar-refractivity contribution in [2.45, 2.75) is 0 Å². The third-order valence-corrected chi connectivity index (χ3v) is 0. The van der Waals surface area contributed by atoms with Crippen LogP contribution in [0.2, 0.25) is 0 Å². The van der Waals surface area contributed by atoms with Gasteiger partial charge in [0.1, 0.15) is 0 Å². The molecule has 0 rings (SSSR count). The van der Waals surface area contributed by atoms with E-state index in [0.717, 1.165) is 0 Å². The zero-order chi connectivity index (χ0) is 4.50. The second-order valence-corrected chi connectivity index (χ2v) is 1.28. The zero-order valence-corrected chi connectivity index (χ0v) is 4.76. The standard InChI is InChI=1S/Fe.H2O4S.O/c;1-5(2,3)4;/h;(H2,1,2,3,4);/q+3;;-2/p-1. The van der Waals surface area contributed by atoms with E-state index in [1.807, 2.05) is 0 Å². The summed E-state index contributed by atoms with van der Waals surface area (Å²) in [6.45, 7) is 0. The van der Waals surface area contributed by atoms with E-state index in [1.54, 1.807) is 0 Å². The van der Waals surface area contributed by atoms with Crippen LogP contribution in [0, 0.1) is 0 Å². The van der Waals surface area contributed by atoms with E-state index >= 15 is 0 Å². The Kier molecular flexibility index (Phi) is 10.1. The average Bonchev–Trinajstić information content (AvgIpc) is 0.722. The van der Waals surface area contributed by atoms with Gasteiger partial charge in [0.15, 0.2) is 0 Å². The van der Waals surface area contributed by atoms with Gasteiger partial charge in [-0.1, -0.05) is 0 Å². The molecule has 0 fully saturated rings. The van der Waals surface area contributed by atoms with Crippen molar-refractivity contribution >= 4 is 10.4 Å². The smallest absolute Gasteiger partial charge is 2.00 e. The molecular formula is HFeO5S. The van der Waals surface area contributed by atoms with E-state index in [-0.39, 0.29) is 22.5 Å². The molecule has 0 spiro atoms. The Balaban J connectivity index is -0.0000000800. The van der Waals surface area contributed by atoms with Crippen molar-refractivity contribution in [3.8, 4) is 0 Å². The van der Waals surface area contributed by atoms with E-state index in [9.17, 15) is 0 Å². The molecule has 5 nitrogen and oxygen atoms in total. The largest absolute Gasteiger partial charge is 3.00 e. The Labute approximate surface area is 51.1 Å². The van der Waals surface area contributed by atoms with Crippen LogP contribution in [-0.2, 0) is 32.9 Å². The molecule has 0 unspecified atom stereocenters. The maximum atomic E-state index is 8.63. The molecule has 0 saturated heterocycles. The van der Waals surface area contributed by atoms with Crippen LogP contribution in [0.5, 0.6) is 0 Å². The molecule has 0 aliphatic heterocycles. The molecule has 0 aliphatic carbocycles. The number of hydrogen-bond donors (Lipinski definition) is 1. The first-order valence-electron chi connectivity index (χ1n) is 0.683. The Bertz CT molecular complexity index is 91.2. The second-order valence-electron chi connectivity index (χ2n) is 0.428. The number of rotatable bonds is 0. The molecule has 0 aromatic carbocycles. The Morgan fingerprint density at radius 2 is 1.43 bits per heavy atom. The Hall–Kier alpha value is 0.349. The maximum absolute atomic E-state index is 8.63. The summed E-state index contributed by atoms with van der Waals surface area (Å²) in [7, 11) is -4.92. The van der Waals surface area contributed by atoms with Crippen LogP contribution < -0.4 is 0 Å². The molecular weight excluding hydrogens is 168 g/mol. The van der Waals surface area contributed by atoms with E-state index in [4.69, 9.17) is 17.5 Å². The van der Waals surface area contributed by atoms with Gasteiger partial charge in [-0.2, -0.15) is 0 Å². The molecule has 0 aromatic heterocycles. The SMILES string of the molecule is O=S(=O)([O-])O.[Fe+3].[O-2]. The zero-order valence-electron chi connectivity index (χ0n) is 2.84. The van der Waals surface area contributed by atoms with E-state index in [1.165, 1.54) is 0 Å². The van der Waals surface area contributed by atoms with Gasteiger partial charge in [-0.25, -0.2) is 8.42 Å². The third kappa shape index (κ3) is 983.